The van der Waals surface area contributed by atoms with E-state index in [2.05, 4.69) is 46.3 Å². The number of nitrogens with one attached hydrogen (secondary N) is 3. The van der Waals surface area contributed by atoms with E-state index >= 15 is 0 Å². The van der Waals surface area contributed by atoms with Gasteiger partial charge in [0.15, 0.2) is 5.96 Å². The van der Waals surface area contributed by atoms with Crippen LogP contribution in [0.15, 0.2) is 29.4 Å². The van der Waals surface area contributed by atoms with Gasteiger partial charge in [-0.25, -0.2) is 4.39 Å². The molecule has 1 saturated heterocycles. The molecular formula is C22H35FN6. The first-order chi connectivity index (χ1) is 14.0. The topological polar surface area (TPSA) is 58.7 Å². The summed E-state index contributed by atoms with van der Waals surface area (Å²) in [7, 11) is 2.19. The second-order valence-corrected chi connectivity index (χ2v) is 8.11. The van der Waals surface area contributed by atoms with Crippen LogP contribution in [0, 0.1) is 11.7 Å². The minimum atomic E-state index is -0.199. The van der Waals surface area contributed by atoms with E-state index in [0.29, 0.717) is 5.92 Å². The van der Waals surface area contributed by atoms with E-state index in [1.807, 2.05) is 6.20 Å². The van der Waals surface area contributed by atoms with Gasteiger partial charge in [0.25, 0.3) is 0 Å². The third-order valence-electron chi connectivity index (χ3n) is 5.49. The molecule has 160 valence electrons. The van der Waals surface area contributed by atoms with Crippen LogP contribution in [0.1, 0.15) is 19.4 Å². The minimum absolute atomic E-state index is 0.199. The van der Waals surface area contributed by atoms with Crippen LogP contribution in [0.2, 0.25) is 0 Å². The van der Waals surface area contributed by atoms with Crippen LogP contribution >= 0.6 is 0 Å². The maximum Gasteiger partial charge on any atom is 0.191 e. The smallest absolute Gasteiger partial charge is 0.191 e. The Kier molecular flexibility index (Phi) is 7.89. The largest absolute Gasteiger partial charge is 0.361 e. The fourth-order valence-corrected chi connectivity index (χ4v) is 3.79. The zero-order valence-corrected chi connectivity index (χ0v) is 18.0. The minimum Gasteiger partial charge on any atom is -0.361 e. The Balaban J connectivity index is 1.47. The molecule has 0 saturated carbocycles. The quantitative estimate of drug-likeness (QED) is 0.468. The number of nitrogens with zero attached hydrogens (tertiary/aromatic N) is 3. The number of aromatic amines is 1. The Bertz CT molecular complexity index is 794. The van der Waals surface area contributed by atoms with E-state index < -0.39 is 0 Å². The summed E-state index contributed by atoms with van der Waals surface area (Å²) in [6.07, 6.45) is 2.78. The van der Waals surface area contributed by atoms with Crippen LogP contribution in [-0.4, -0.2) is 80.1 Å². The van der Waals surface area contributed by atoms with Crippen molar-refractivity contribution in [3.8, 4) is 0 Å². The van der Waals surface area contributed by atoms with Crippen molar-refractivity contribution in [2.75, 3.05) is 59.4 Å². The summed E-state index contributed by atoms with van der Waals surface area (Å²) >= 11 is 0. The molecule has 2 heterocycles. The van der Waals surface area contributed by atoms with E-state index in [1.54, 1.807) is 12.1 Å². The highest BCUT2D eigenvalue weighted by atomic mass is 19.1. The first-order valence-electron chi connectivity index (χ1n) is 10.7. The normalized spacial score (nSPS) is 17.6. The van der Waals surface area contributed by atoms with Crippen molar-refractivity contribution in [1.29, 1.82) is 0 Å². The van der Waals surface area contributed by atoms with E-state index in [1.165, 1.54) is 6.07 Å². The summed E-state index contributed by atoms with van der Waals surface area (Å²) < 4.78 is 13.5. The fraction of sp³-hybridized carbons (Fsp3) is 0.591. The zero-order valence-electron chi connectivity index (χ0n) is 18.0. The predicted octanol–water partition coefficient (Wildman–Crippen LogP) is 2.29. The number of halogens is 1. The first kappa shape index (κ1) is 21.6. The molecule has 1 aromatic heterocycles. The molecule has 29 heavy (non-hydrogen) atoms. The monoisotopic (exact) mass is 402 g/mol. The van der Waals surface area contributed by atoms with Gasteiger partial charge in [-0.15, -0.1) is 0 Å². The van der Waals surface area contributed by atoms with E-state index in [4.69, 9.17) is 4.99 Å². The van der Waals surface area contributed by atoms with Crippen molar-refractivity contribution in [2.45, 2.75) is 20.3 Å². The molecule has 1 atom stereocenters. The number of hydrogen-bond acceptors (Lipinski definition) is 3. The van der Waals surface area contributed by atoms with Crippen LogP contribution in [0.4, 0.5) is 4.39 Å². The highest BCUT2D eigenvalue weighted by Crippen LogP contribution is 2.19. The van der Waals surface area contributed by atoms with Crippen molar-refractivity contribution in [2.24, 2.45) is 10.9 Å². The van der Waals surface area contributed by atoms with Gasteiger partial charge in [0, 0.05) is 69.5 Å². The van der Waals surface area contributed by atoms with Gasteiger partial charge < -0.3 is 25.4 Å². The van der Waals surface area contributed by atoms with Crippen LogP contribution < -0.4 is 10.6 Å². The Labute approximate surface area is 173 Å². The molecule has 3 N–H and O–H groups in total. The molecule has 1 aliphatic heterocycles. The third-order valence-corrected chi connectivity index (χ3v) is 5.49. The van der Waals surface area contributed by atoms with Gasteiger partial charge >= 0.3 is 0 Å². The lowest BCUT2D eigenvalue weighted by atomic mass is 10.1. The number of piperazine rings is 1. The molecule has 0 radical (unpaired) electrons. The highest BCUT2D eigenvalue weighted by molar-refractivity contribution is 5.83. The van der Waals surface area contributed by atoms with Gasteiger partial charge in [-0.3, -0.25) is 4.99 Å². The number of aliphatic imine (C=N–C) groups is 1. The Morgan fingerprint density at radius 3 is 2.79 bits per heavy atom. The number of aromatic nitrogens is 1. The van der Waals surface area contributed by atoms with Crippen molar-refractivity contribution in [1.82, 2.24) is 25.4 Å². The lowest BCUT2D eigenvalue weighted by Gasteiger charge is -2.33. The summed E-state index contributed by atoms with van der Waals surface area (Å²) in [6, 6.07) is 4.87. The number of hydrogen-bond donors (Lipinski definition) is 3. The van der Waals surface area contributed by atoms with Crippen LogP contribution in [0.3, 0.4) is 0 Å². The predicted molar refractivity (Wildman–Crippen MR) is 119 cm³/mol. The number of fused-ring (bicyclic) bond motifs is 1. The fourth-order valence-electron chi connectivity index (χ4n) is 3.79. The molecule has 1 unspecified atom stereocenters. The van der Waals surface area contributed by atoms with Gasteiger partial charge in [-0.2, -0.15) is 0 Å². The molecule has 0 bridgehead atoms. The van der Waals surface area contributed by atoms with Crippen LogP contribution in [-0.2, 0) is 6.42 Å². The second-order valence-electron chi connectivity index (χ2n) is 8.11. The number of rotatable bonds is 8. The molecule has 2 aromatic rings. The third kappa shape index (κ3) is 6.44. The molecular weight excluding hydrogens is 367 g/mol. The highest BCUT2D eigenvalue weighted by Gasteiger charge is 2.16. The first-order valence-corrected chi connectivity index (χ1v) is 10.7. The van der Waals surface area contributed by atoms with Crippen molar-refractivity contribution >= 4 is 16.9 Å². The van der Waals surface area contributed by atoms with Gasteiger partial charge in [0.1, 0.15) is 5.82 Å². The second kappa shape index (κ2) is 10.6. The SMILES string of the molecule is CCNC(=NCC(C)CN1CCN(C)CC1)NCCc1c[nH]c2ccc(F)cc12. The van der Waals surface area contributed by atoms with Crippen molar-refractivity contribution in [3.63, 3.8) is 0 Å². The standard InChI is InChI=1S/C22H35FN6/c1-4-24-22(27-14-17(2)16-29-11-9-28(3)10-12-29)25-8-7-18-15-26-21-6-5-19(23)13-20(18)21/h5-6,13,15,17,26H,4,7-12,14,16H2,1-3H3,(H2,24,25,27). The lowest BCUT2D eigenvalue weighted by molar-refractivity contribution is 0.140. The number of likely N-dealkylation sites (N-methyl/N-ethyl adjacent to an activating group) is 1. The average molecular weight is 403 g/mol. The Hall–Kier alpha value is -2.12. The summed E-state index contributed by atoms with van der Waals surface area (Å²) in [5, 5.41) is 7.69. The number of benzene rings is 1. The van der Waals surface area contributed by atoms with Crippen LogP contribution in [0.25, 0.3) is 10.9 Å². The molecule has 1 aliphatic rings. The van der Waals surface area contributed by atoms with Gasteiger partial charge in [0.05, 0.1) is 0 Å². The Morgan fingerprint density at radius 1 is 1.24 bits per heavy atom. The van der Waals surface area contributed by atoms with Gasteiger partial charge in [0.2, 0.25) is 0 Å². The maximum absolute atomic E-state index is 13.5. The number of guanidine groups is 1. The summed E-state index contributed by atoms with van der Waals surface area (Å²) in [5.74, 6) is 1.17. The zero-order chi connectivity index (χ0) is 20.6. The summed E-state index contributed by atoms with van der Waals surface area (Å²) in [4.78, 5) is 12.9. The van der Waals surface area contributed by atoms with Crippen molar-refractivity contribution < 1.29 is 4.39 Å². The van der Waals surface area contributed by atoms with Gasteiger partial charge in [-0.05, 0) is 50.1 Å². The molecule has 6 nitrogen and oxygen atoms in total. The van der Waals surface area contributed by atoms with Crippen molar-refractivity contribution in [3.05, 3.63) is 35.8 Å². The van der Waals surface area contributed by atoms with Gasteiger partial charge in [-0.1, -0.05) is 6.92 Å². The van der Waals surface area contributed by atoms with E-state index in [9.17, 15) is 4.39 Å². The average Bonchev–Trinajstić information content (AvgIpc) is 3.10. The molecule has 0 amide bonds. The molecule has 0 spiro atoms. The molecule has 7 heteroatoms. The summed E-state index contributed by atoms with van der Waals surface area (Å²) in [5.41, 5.74) is 2.09. The lowest BCUT2D eigenvalue weighted by Crippen LogP contribution is -2.46. The van der Waals surface area contributed by atoms with Crippen LogP contribution in [0.5, 0.6) is 0 Å². The van der Waals surface area contributed by atoms with E-state index in [-0.39, 0.29) is 5.82 Å². The molecule has 1 aromatic carbocycles. The molecule has 3 rings (SSSR count). The molecule has 1 fully saturated rings. The van der Waals surface area contributed by atoms with E-state index in [0.717, 1.165) is 81.2 Å². The maximum atomic E-state index is 13.5. The Morgan fingerprint density at radius 2 is 2.03 bits per heavy atom. The summed E-state index contributed by atoms with van der Waals surface area (Å²) in [6.45, 7) is 12.4. The molecule has 0 aliphatic carbocycles. The number of H-pyrrole nitrogens is 1.